The third kappa shape index (κ3) is 4.11. The van der Waals surface area contributed by atoms with Crippen LogP contribution in [0.5, 0.6) is 0 Å². The molecule has 2 heterocycles. The van der Waals surface area contributed by atoms with Gasteiger partial charge in [-0.25, -0.2) is 0 Å². The Kier molecular flexibility index (Phi) is 5.68. The molecule has 7 heteroatoms. The number of ether oxygens (including phenoxy) is 1. The van der Waals surface area contributed by atoms with E-state index in [0.717, 1.165) is 16.7 Å². The summed E-state index contributed by atoms with van der Waals surface area (Å²) in [5, 5.41) is 7.19. The van der Waals surface area contributed by atoms with Crippen LogP contribution in [-0.2, 0) is 27.9 Å². The van der Waals surface area contributed by atoms with E-state index in [4.69, 9.17) is 4.74 Å². The standard InChI is InChI=1S/C19H24N4O3/c1-22-12-16(11-21-22)17-6-4-3-5-14(17)10-20-19(25)15-9-18(24)23(13-15)7-8-26-2/h3-6,11-12,15H,7-10,13H2,1-2H3,(H,20,25). The second-order valence-electron chi connectivity index (χ2n) is 6.51. The monoisotopic (exact) mass is 356 g/mol. The molecule has 1 unspecified atom stereocenters. The summed E-state index contributed by atoms with van der Waals surface area (Å²) in [4.78, 5) is 26.2. The number of rotatable bonds is 7. The zero-order valence-corrected chi connectivity index (χ0v) is 15.1. The first kappa shape index (κ1) is 18.1. The van der Waals surface area contributed by atoms with Gasteiger partial charge in [0.2, 0.25) is 11.8 Å². The predicted octanol–water partition coefficient (Wildman–Crippen LogP) is 1.20. The number of benzene rings is 1. The number of nitrogens with one attached hydrogen (secondary N) is 1. The van der Waals surface area contributed by atoms with Crippen molar-refractivity contribution in [3.05, 3.63) is 42.2 Å². The van der Waals surface area contributed by atoms with Gasteiger partial charge in [-0.1, -0.05) is 24.3 Å². The van der Waals surface area contributed by atoms with E-state index in [1.807, 2.05) is 43.7 Å². The van der Waals surface area contributed by atoms with E-state index in [9.17, 15) is 9.59 Å². The molecule has 1 aromatic carbocycles. The molecule has 1 atom stereocenters. The summed E-state index contributed by atoms with van der Waals surface area (Å²) < 4.78 is 6.76. The van der Waals surface area contributed by atoms with Crippen LogP contribution in [-0.4, -0.2) is 53.3 Å². The number of aryl methyl sites for hydroxylation is 1. The van der Waals surface area contributed by atoms with Crippen LogP contribution in [0.3, 0.4) is 0 Å². The zero-order valence-electron chi connectivity index (χ0n) is 15.1. The average Bonchev–Trinajstić information content (AvgIpc) is 3.24. The third-order valence-electron chi connectivity index (χ3n) is 4.64. The van der Waals surface area contributed by atoms with Gasteiger partial charge >= 0.3 is 0 Å². The third-order valence-corrected chi connectivity index (χ3v) is 4.64. The van der Waals surface area contributed by atoms with Crippen molar-refractivity contribution < 1.29 is 14.3 Å². The Morgan fingerprint density at radius 1 is 1.38 bits per heavy atom. The first-order valence-electron chi connectivity index (χ1n) is 8.70. The second-order valence-corrected chi connectivity index (χ2v) is 6.51. The molecule has 2 amide bonds. The zero-order chi connectivity index (χ0) is 18.5. The van der Waals surface area contributed by atoms with E-state index < -0.39 is 0 Å². The summed E-state index contributed by atoms with van der Waals surface area (Å²) in [7, 11) is 3.48. The Labute approximate surface area is 152 Å². The summed E-state index contributed by atoms with van der Waals surface area (Å²) in [5.74, 6) is -0.373. The number of carbonyl (C=O) groups excluding carboxylic acids is 2. The van der Waals surface area contributed by atoms with Gasteiger partial charge in [-0.05, 0) is 11.1 Å². The maximum absolute atomic E-state index is 12.5. The second kappa shape index (κ2) is 8.14. The van der Waals surface area contributed by atoms with Gasteiger partial charge < -0.3 is 15.0 Å². The van der Waals surface area contributed by atoms with Crippen LogP contribution in [0, 0.1) is 5.92 Å². The van der Waals surface area contributed by atoms with Gasteiger partial charge in [0.25, 0.3) is 0 Å². The number of nitrogens with zero attached hydrogens (tertiary/aromatic N) is 3. The number of aromatic nitrogens is 2. The average molecular weight is 356 g/mol. The fourth-order valence-corrected chi connectivity index (χ4v) is 3.21. The molecule has 2 aromatic rings. The van der Waals surface area contributed by atoms with Gasteiger partial charge in [0.15, 0.2) is 0 Å². The lowest BCUT2D eigenvalue weighted by molar-refractivity contribution is -0.129. The highest BCUT2D eigenvalue weighted by Gasteiger charge is 2.33. The number of hydrogen-bond donors (Lipinski definition) is 1. The fraction of sp³-hybridized carbons (Fsp3) is 0.421. The Balaban J connectivity index is 1.61. The number of amides is 2. The van der Waals surface area contributed by atoms with Crippen molar-refractivity contribution in [2.45, 2.75) is 13.0 Å². The quantitative estimate of drug-likeness (QED) is 0.809. The van der Waals surface area contributed by atoms with E-state index in [1.54, 1.807) is 16.7 Å². The van der Waals surface area contributed by atoms with Crippen LogP contribution in [0.2, 0.25) is 0 Å². The topological polar surface area (TPSA) is 76.5 Å². The molecule has 138 valence electrons. The lowest BCUT2D eigenvalue weighted by Gasteiger charge is -2.16. The van der Waals surface area contributed by atoms with Crippen LogP contribution in [0.15, 0.2) is 36.7 Å². The molecule has 1 aliphatic heterocycles. The predicted molar refractivity (Wildman–Crippen MR) is 97.1 cm³/mol. The van der Waals surface area contributed by atoms with Crippen molar-refractivity contribution in [3.63, 3.8) is 0 Å². The maximum Gasteiger partial charge on any atom is 0.225 e. The summed E-state index contributed by atoms with van der Waals surface area (Å²) in [6.07, 6.45) is 4.02. The van der Waals surface area contributed by atoms with Crippen molar-refractivity contribution in [3.8, 4) is 11.1 Å². The highest BCUT2D eigenvalue weighted by atomic mass is 16.5. The molecule has 7 nitrogen and oxygen atoms in total. The van der Waals surface area contributed by atoms with Crippen molar-refractivity contribution in [1.29, 1.82) is 0 Å². The maximum atomic E-state index is 12.5. The molecule has 0 aliphatic carbocycles. The minimum atomic E-state index is -0.301. The Morgan fingerprint density at radius 3 is 2.92 bits per heavy atom. The van der Waals surface area contributed by atoms with Gasteiger partial charge in [0, 0.05) is 52.0 Å². The molecule has 3 rings (SSSR count). The molecule has 0 radical (unpaired) electrons. The van der Waals surface area contributed by atoms with Crippen molar-refractivity contribution >= 4 is 11.8 Å². The number of carbonyl (C=O) groups is 2. The van der Waals surface area contributed by atoms with Crippen LogP contribution in [0.1, 0.15) is 12.0 Å². The first-order valence-corrected chi connectivity index (χ1v) is 8.70. The van der Waals surface area contributed by atoms with E-state index in [1.165, 1.54) is 0 Å². The summed E-state index contributed by atoms with van der Waals surface area (Å²) in [6, 6.07) is 7.93. The van der Waals surface area contributed by atoms with E-state index in [-0.39, 0.29) is 24.2 Å². The van der Waals surface area contributed by atoms with Crippen LogP contribution < -0.4 is 5.32 Å². The lowest BCUT2D eigenvalue weighted by Crippen LogP contribution is -2.33. The molecule has 1 aromatic heterocycles. The lowest BCUT2D eigenvalue weighted by atomic mass is 10.0. The van der Waals surface area contributed by atoms with E-state index in [0.29, 0.717) is 26.2 Å². The van der Waals surface area contributed by atoms with E-state index >= 15 is 0 Å². The number of hydrogen-bond acceptors (Lipinski definition) is 4. The van der Waals surface area contributed by atoms with Gasteiger partial charge in [0.1, 0.15) is 0 Å². The van der Waals surface area contributed by atoms with Gasteiger partial charge in [0.05, 0.1) is 18.7 Å². The molecule has 1 fully saturated rings. The van der Waals surface area contributed by atoms with Gasteiger partial charge in [-0.15, -0.1) is 0 Å². The molecule has 1 N–H and O–H groups in total. The fourth-order valence-electron chi connectivity index (χ4n) is 3.21. The number of methoxy groups -OCH3 is 1. The molecular weight excluding hydrogens is 332 g/mol. The largest absolute Gasteiger partial charge is 0.383 e. The first-order chi connectivity index (χ1) is 12.6. The van der Waals surface area contributed by atoms with Crippen LogP contribution >= 0.6 is 0 Å². The molecule has 0 bridgehead atoms. The number of likely N-dealkylation sites (tertiary alicyclic amines) is 1. The molecule has 0 spiro atoms. The van der Waals surface area contributed by atoms with Crippen molar-refractivity contribution in [2.75, 3.05) is 26.8 Å². The molecule has 0 saturated carbocycles. The minimum Gasteiger partial charge on any atom is -0.383 e. The Morgan fingerprint density at radius 2 is 2.19 bits per heavy atom. The Bertz CT molecular complexity index is 787. The van der Waals surface area contributed by atoms with Gasteiger partial charge in [-0.3, -0.25) is 14.3 Å². The smallest absolute Gasteiger partial charge is 0.225 e. The van der Waals surface area contributed by atoms with Crippen LogP contribution in [0.25, 0.3) is 11.1 Å². The highest BCUT2D eigenvalue weighted by Crippen LogP contribution is 2.23. The SMILES string of the molecule is COCCN1CC(C(=O)NCc2ccccc2-c2cnn(C)c2)CC1=O. The van der Waals surface area contributed by atoms with E-state index in [2.05, 4.69) is 10.4 Å². The van der Waals surface area contributed by atoms with Crippen LogP contribution in [0.4, 0.5) is 0 Å². The van der Waals surface area contributed by atoms with Gasteiger partial charge in [-0.2, -0.15) is 5.10 Å². The summed E-state index contributed by atoms with van der Waals surface area (Å²) in [5.41, 5.74) is 3.08. The molecule has 1 saturated heterocycles. The molecular formula is C19H24N4O3. The van der Waals surface area contributed by atoms with Crippen molar-refractivity contribution in [1.82, 2.24) is 20.0 Å². The Hall–Kier alpha value is -2.67. The normalized spacial score (nSPS) is 16.9. The highest BCUT2D eigenvalue weighted by molar-refractivity contribution is 5.89. The molecule has 1 aliphatic rings. The molecule has 26 heavy (non-hydrogen) atoms. The summed E-state index contributed by atoms with van der Waals surface area (Å²) >= 11 is 0. The van der Waals surface area contributed by atoms with Crippen molar-refractivity contribution in [2.24, 2.45) is 13.0 Å². The summed E-state index contributed by atoms with van der Waals surface area (Å²) in [6.45, 7) is 1.90. The minimum absolute atomic E-state index is 0.0120.